The summed E-state index contributed by atoms with van der Waals surface area (Å²) in [5, 5.41) is 0. The van der Waals surface area contributed by atoms with E-state index < -0.39 is 11.6 Å². The predicted octanol–water partition coefficient (Wildman–Crippen LogP) is 3.54. The van der Waals surface area contributed by atoms with Crippen LogP contribution in [0.25, 0.3) is 0 Å². The highest BCUT2D eigenvalue weighted by Crippen LogP contribution is 2.27. The summed E-state index contributed by atoms with van der Waals surface area (Å²) in [6.07, 6.45) is 1.49. The van der Waals surface area contributed by atoms with Crippen LogP contribution in [0.2, 0.25) is 0 Å². The molecule has 0 aliphatic rings. The highest BCUT2D eigenvalue weighted by atomic mass is 19.2. The Hall–Kier alpha value is -1.32. The lowest BCUT2D eigenvalue weighted by atomic mass is 10.3. The van der Waals surface area contributed by atoms with Crippen molar-refractivity contribution in [2.75, 3.05) is 13.2 Å². The van der Waals surface area contributed by atoms with Crippen LogP contribution in [0.5, 0.6) is 11.5 Å². The Morgan fingerprint density at radius 2 is 1.25 bits per heavy atom. The third kappa shape index (κ3) is 3.08. The summed E-state index contributed by atoms with van der Waals surface area (Å²) in [6.45, 7) is 4.52. The Morgan fingerprint density at radius 3 is 1.56 bits per heavy atom. The quantitative estimate of drug-likeness (QED) is 0.744. The molecular formula is C12H16F2O2. The van der Waals surface area contributed by atoms with Gasteiger partial charge in [-0.05, 0) is 25.0 Å². The van der Waals surface area contributed by atoms with Crippen molar-refractivity contribution in [3.63, 3.8) is 0 Å². The molecule has 0 spiro atoms. The maximum atomic E-state index is 13.4. The van der Waals surface area contributed by atoms with E-state index in [4.69, 9.17) is 9.47 Å². The van der Waals surface area contributed by atoms with Gasteiger partial charge in [-0.1, -0.05) is 13.8 Å². The molecule has 4 heteroatoms. The maximum absolute atomic E-state index is 13.4. The number of hydrogen-bond donors (Lipinski definition) is 0. The fraction of sp³-hybridized carbons (Fsp3) is 0.500. The smallest absolute Gasteiger partial charge is 0.204 e. The van der Waals surface area contributed by atoms with E-state index in [1.807, 2.05) is 13.8 Å². The molecule has 0 saturated heterocycles. The van der Waals surface area contributed by atoms with E-state index in [1.54, 1.807) is 0 Å². The molecule has 0 aromatic heterocycles. The summed E-state index contributed by atoms with van der Waals surface area (Å²) in [5.41, 5.74) is 0. The molecule has 0 amide bonds. The van der Waals surface area contributed by atoms with E-state index in [0.717, 1.165) is 12.8 Å². The second kappa shape index (κ2) is 6.30. The molecule has 0 N–H and O–H groups in total. The van der Waals surface area contributed by atoms with Gasteiger partial charge in [0.05, 0.1) is 13.2 Å². The van der Waals surface area contributed by atoms with E-state index in [1.165, 1.54) is 12.1 Å². The second-order valence-electron chi connectivity index (χ2n) is 3.39. The van der Waals surface area contributed by atoms with Crippen molar-refractivity contribution in [1.82, 2.24) is 0 Å². The fourth-order valence-corrected chi connectivity index (χ4v) is 1.16. The molecule has 2 nitrogen and oxygen atoms in total. The van der Waals surface area contributed by atoms with E-state index in [-0.39, 0.29) is 11.5 Å². The van der Waals surface area contributed by atoms with Crippen LogP contribution < -0.4 is 9.47 Å². The average Bonchev–Trinajstić information content (AvgIpc) is 2.30. The van der Waals surface area contributed by atoms with Gasteiger partial charge in [-0.3, -0.25) is 0 Å². The molecule has 90 valence electrons. The van der Waals surface area contributed by atoms with E-state index in [0.29, 0.717) is 13.2 Å². The third-order valence-electron chi connectivity index (χ3n) is 1.93. The molecule has 0 fully saturated rings. The van der Waals surface area contributed by atoms with E-state index >= 15 is 0 Å². The molecule has 0 aliphatic carbocycles. The average molecular weight is 230 g/mol. The first-order valence-electron chi connectivity index (χ1n) is 5.44. The topological polar surface area (TPSA) is 18.5 Å². The Morgan fingerprint density at radius 1 is 0.875 bits per heavy atom. The molecule has 1 aromatic carbocycles. The van der Waals surface area contributed by atoms with Crippen molar-refractivity contribution < 1.29 is 18.3 Å². The minimum absolute atomic E-state index is 0.0665. The van der Waals surface area contributed by atoms with Crippen LogP contribution in [-0.4, -0.2) is 13.2 Å². The predicted molar refractivity (Wildman–Crippen MR) is 57.9 cm³/mol. The standard InChI is InChI=1S/C12H16F2O2/c1-3-7-15-9-5-6-10(16-8-4-2)12(14)11(9)13/h5-6H,3-4,7-8H2,1-2H3. The summed E-state index contributed by atoms with van der Waals surface area (Å²) in [4.78, 5) is 0. The Labute approximate surface area is 94.2 Å². The molecule has 0 heterocycles. The van der Waals surface area contributed by atoms with E-state index in [9.17, 15) is 8.78 Å². The van der Waals surface area contributed by atoms with Gasteiger partial charge >= 0.3 is 0 Å². The molecule has 16 heavy (non-hydrogen) atoms. The Kier molecular flexibility index (Phi) is 5.02. The monoisotopic (exact) mass is 230 g/mol. The van der Waals surface area contributed by atoms with Crippen LogP contribution in [0.15, 0.2) is 12.1 Å². The molecule has 0 unspecified atom stereocenters. The summed E-state index contributed by atoms with van der Waals surface area (Å²) < 4.78 is 37.0. The van der Waals surface area contributed by atoms with Gasteiger partial charge in [-0.25, -0.2) is 0 Å². The Bertz CT molecular complexity index is 307. The van der Waals surface area contributed by atoms with Crippen LogP contribution in [0.4, 0.5) is 8.78 Å². The second-order valence-corrected chi connectivity index (χ2v) is 3.39. The van der Waals surface area contributed by atoms with Crippen molar-refractivity contribution in [1.29, 1.82) is 0 Å². The number of ether oxygens (including phenoxy) is 2. The maximum Gasteiger partial charge on any atom is 0.204 e. The van der Waals surface area contributed by atoms with Gasteiger partial charge in [0.2, 0.25) is 11.6 Å². The summed E-state index contributed by atoms with van der Waals surface area (Å²) in [6, 6.07) is 2.78. The SMILES string of the molecule is CCCOc1ccc(OCCC)c(F)c1F. The van der Waals surface area contributed by atoms with Crippen molar-refractivity contribution >= 4 is 0 Å². The minimum atomic E-state index is -0.984. The van der Waals surface area contributed by atoms with Crippen LogP contribution >= 0.6 is 0 Å². The number of benzene rings is 1. The first-order chi connectivity index (χ1) is 7.70. The zero-order chi connectivity index (χ0) is 12.0. The Balaban J connectivity index is 2.81. The molecule has 1 rings (SSSR count). The lowest BCUT2D eigenvalue weighted by molar-refractivity contribution is 0.275. The minimum Gasteiger partial charge on any atom is -0.490 e. The van der Waals surface area contributed by atoms with Gasteiger partial charge in [-0.2, -0.15) is 8.78 Å². The largest absolute Gasteiger partial charge is 0.490 e. The summed E-state index contributed by atoms with van der Waals surface area (Å²) in [7, 11) is 0. The molecule has 0 aliphatic heterocycles. The number of halogens is 2. The lowest BCUT2D eigenvalue weighted by Gasteiger charge is -2.10. The van der Waals surface area contributed by atoms with Crippen molar-refractivity contribution in [2.24, 2.45) is 0 Å². The number of hydrogen-bond acceptors (Lipinski definition) is 2. The van der Waals surface area contributed by atoms with Gasteiger partial charge in [0.25, 0.3) is 0 Å². The van der Waals surface area contributed by atoms with Crippen molar-refractivity contribution in [3.05, 3.63) is 23.8 Å². The number of rotatable bonds is 6. The summed E-state index contributed by atoms with van der Waals surface area (Å²) >= 11 is 0. The molecule has 1 aromatic rings. The van der Waals surface area contributed by atoms with Gasteiger partial charge in [0.1, 0.15) is 0 Å². The first-order valence-corrected chi connectivity index (χ1v) is 5.44. The molecular weight excluding hydrogens is 214 g/mol. The van der Waals surface area contributed by atoms with Crippen molar-refractivity contribution in [3.8, 4) is 11.5 Å². The molecule has 0 saturated carbocycles. The zero-order valence-electron chi connectivity index (χ0n) is 9.56. The van der Waals surface area contributed by atoms with E-state index in [2.05, 4.69) is 0 Å². The van der Waals surface area contributed by atoms with Crippen molar-refractivity contribution in [2.45, 2.75) is 26.7 Å². The van der Waals surface area contributed by atoms with Crippen LogP contribution in [0.1, 0.15) is 26.7 Å². The van der Waals surface area contributed by atoms with Gasteiger partial charge in [0.15, 0.2) is 11.5 Å². The van der Waals surface area contributed by atoms with Crippen LogP contribution in [0, 0.1) is 11.6 Å². The fourth-order valence-electron chi connectivity index (χ4n) is 1.16. The lowest BCUT2D eigenvalue weighted by Crippen LogP contribution is -2.03. The highest BCUT2D eigenvalue weighted by Gasteiger charge is 2.15. The van der Waals surface area contributed by atoms with Gasteiger partial charge in [-0.15, -0.1) is 0 Å². The first kappa shape index (κ1) is 12.7. The molecule has 0 bridgehead atoms. The molecule has 0 atom stereocenters. The normalized spacial score (nSPS) is 10.2. The van der Waals surface area contributed by atoms with Crippen LogP contribution in [0.3, 0.4) is 0 Å². The summed E-state index contributed by atoms with van der Waals surface area (Å²) in [5.74, 6) is -2.10. The zero-order valence-corrected chi connectivity index (χ0v) is 9.56. The molecule has 0 radical (unpaired) electrons. The van der Waals surface area contributed by atoms with Gasteiger partial charge < -0.3 is 9.47 Å². The van der Waals surface area contributed by atoms with Crippen LogP contribution in [-0.2, 0) is 0 Å². The van der Waals surface area contributed by atoms with Gasteiger partial charge in [0, 0.05) is 0 Å². The third-order valence-corrected chi connectivity index (χ3v) is 1.93. The highest BCUT2D eigenvalue weighted by molar-refractivity contribution is 5.34.